The monoisotopic (exact) mass is 269 g/mol. The fourth-order valence-corrected chi connectivity index (χ4v) is 2.77. The number of halogens is 1. The van der Waals surface area contributed by atoms with Gasteiger partial charge in [-0.2, -0.15) is 0 Å². The van der Waals surface area contributed by atoms with E-state index in [-0.39, 0.29) is 17.8 Å². The topological polar surface area (TPSA) is 43.7 Å². The van der Waals surface area contributed by atoms with E-state index >= 15 is 0 Å². The molecule has 2 unspecified atom stereocenters. The number of nitrogens with zero attached hydrogens (tertiary/aromatic N) is 1. The number of benzene rings is 1. The summed E-state index contributed by atoms with van der Waals surface area (Å²) in [6.07, 6.45) is 1.41. The van der Waals surface area contributed by atoms with E-state index in [0.29, 0.717) is 5.02 Å². The molecule has 2 atom stereocenters. The molecule has 0 spiro atoms. The maximum Gasteiger partial charge on any atom is 0.134 e. The van der Waals surface area contributed by atoms with Crippen LogP contribution in [0.4, 0.5) is 0 Å². The van der Waals surface area contributed by atoms with Crippen LogP contribution in [0.15, 0.2) is 18.2 Å². The van der Waals surface area contributed by atoms with Crippen molar-refractivity contribution in [1.82, 2.24) is 4.90 Å². The van der Waals surface area contributed by atoms with Gasteiger partial charge in [0.1, 0.15) is 5.75 Å². The number of aromatic hydroxyl groups is 1. The molecule has 0 aromatic heterocycles. The molecule has 0 bridgehead atoms. The molecule has 0 saturated carbocycles. The van der Waals surface area contributed by atoms with Gasteiger partial charge in [-0.15, -0.1) is 0 Å². The molecular weight excluding hydrogens is 250 g/mol. The third-order valence-corrected chi connectivity index (χ3v) is 4.04. The van der Waals surface area contributed by atoms with Crippen LogP contribution in [0.3, 0.4) is 0 Å². The van der Waals surface area contributed by atoms with E-state index in [1.165, 1.54) is 0 Å². The Kier molecular flexibility index (Phi) is 4.49. The van der Waals surface area contributed by atoms with Crippen molar-refractivity contribution in [1.29, 1.82) is 0 Å². The van der Waals surface area contributed by atoms with E-state index in [1.54, 1.807) is 12.1 Å². The number of rotatable bonds is 3. The van der Waals surface area contributed by atoms with Gasteiger partial charge in [0.05, 0.1) is 11.1 Å². The number of hydrogen-bond acceptors (Lipinski definition) is 3. The minimum absolute atomic E-state index is 0.111. The van der Waals surface area contributed by atoms with Gasteiger partial charge in [0.15, 0.2) is 0 Å². The first kappa shape index (κ1) is 13.7. The van der Waals surface area contributed by atoms with E-state index in [1.807, 2.05) is 6.07 Å². The van der Waals surface area contributed by atoms with Crippen molar-refractivity contribution in [2.75, 3.05) is 19.6 Å². The zero-order valence-corrected chi connectivity index (χ0v) is 11.4. The SMILES string of the molecule is CCN1CCC(O)C(Cc2ccc(O)c(Cl)c2)C1. The number of aliphatic hydroxyl groups excluding tert-OH is 1. The van der Waals surface area contributed by atoms with Crippen LogP contribution in [0.1, 0.15) is 18.9 Å². The van der Waals surface area contributed by atoms with Gasteiger partial charge in [0.2, 0.25) is 0 Å². The van der Waals surface area contributed by atoms with Gasteiger partial charge in [0, 0.05) is 19.0 Å². The number of aliphatic hydroxyl groups is 1. The molecular formula is C14H20ClNO2. The van der Waals surface area contributed by atoms with E-state index in [4.69, 9.17) is 11.6 Å². The van der Waals surface area contributed by atoms with Crippen molar-refractivity contribution in [3.8, 4) is 5.75 Å². The highest BCUT2D eigenvalue weighted by atomic mass is 35.5. The molecule has 2 N–H and O–H groups in total. The second kappa shape index (κ2) is 5.91. The molecule has 1 saturated heterocycles. The van der Waals surface area contributed by atoms with Crippen molar-refractivity contribution in [2.24, 2.45) is 5.92 Å². The summed E-state index contributed by atoms with van der Waals surface area (Å²) >= 11 is 5.90. The van der Waals surface area contributed by atoms with Gasteiger partial charge in [-0.05, 0) is 37.1 Å². The lowest BCUT2D eigenvalue weighted by Gasteiger charge is -2.35. The lowest BCUT2D eigenvalue weighted by molar-refractivity contribution is 0.0290. The summed E-state index contributed by atoms with van der Waals surface area (Å²) in [7, 11) is 0. The average Bonchev–Trinajstić information content (AvgIpc) is 2.36. The molecule has 1 aliphatic heterocycles. The Labute approximate surface area is 113 Å². The Morgan fingerprint density at radius 1 is 1.44 bits per heavy atom. The minimum atomic E-state index is -0.236. The first-order chi connectivity index (χ1) is 8.60. The van der Waals surface area contributed by atoms with Gasteiger partial charge in [0.25, 0.3) is 0 Å². The van der Waals surface area contributed by atoms with Crippen LogP contribution in [0.25, 0.3) is 0 Å². The summed E-state index contributed by atoms with van der Waals surface area (Å²) in [6, 6.07) is 5.28. The number of phenolic OH excluding ortho intramolecular Hbond substituents is 1. The Bertz CT molecular complexity index is 411. The lowest BCUT2D eigenvalue weighted by Crippen LogP contribution is -2.43. The Morgan fingerprint density at radius 2 is 2.22 bits per heavy atom. The van der Waals surface area contributed by atoms with E-state index in [9.17, 15) is 10.2 Å². The van der Waals surface area contributed by atoms with E-state index in [0.717, 1.165) is 38.0 Å². The highest BCUT2D eigenvalue weighted by Crippen LogP contribution is 2.27. The van der Waals surface area contributed by atoms with Crippen LogP contribution in [0, 0.1) is 5.92 Å². The molecule has 3 nitrogen and oxygen atoms in total. The quantitative estimate of drug-likeness (QED) is 0.885. The van der Waals surface area contributed by atoms with Crippen molar-refractivity contribution >= 4 is 11.6 Å². The summed E-state index contributed by atoms with van der Waals surface area (Å²) in [5.41, 5.74) is 1.07. The predicted octanol–water partition coefficient (Wildman–Crippen LogP) is 2.29. The van der Waals surface area contributed by atoms with Crippen molar-refractivity contribution in [2.45, 2.75) is 25.9 Å². The summed E-state index contributed by atoms with van der Waals surface area (Å²) in [6.45, 7) is 5.08. The Balaban J connectivity index is 2.04. The second-order valence-electron chi connectivity index (χ2n) is 5.00. The van der Waals surface area contributed by atoms with Crippen molar-refractivity contribution in [3.63, 3.8) is 0 Å². The second-order valence-corrected chi connectivity index (χ2v) is 5.41. The molecule has 18 heavy (non-hydrogen) atoms. The highest BCUT2D eigenvalue weighted by Gasteiger charge is 2.27. The molecule has 1 fully saturated rings. The molecule has 1 aromatic rings. The third-order valence-electron chi connectivity index (χ3n) is 3.74. The van der Waals surface area contributed by atoms with Crippen molar-refractivity contribution < 1.29 is 10.2 Å². The van der Waals surface area contributed by atoms with Crippen LogP contribution in [-0.2, 0) is 6.42 Å². The number of phenols is 1. The van der Waals surface area contributed by atoms with Crippen LogP contribution in [0.5, 0.6) is 5.75 Å². The molecule has 1 aliphatic rings. The molecule has 1 aromatic carbocycles. The number of hydrogen-bond donors (Lipinski definition) is 2. The van der Waals surface area contributed by atoms with E-state index < -0.39 is 0 Å². The molecule has 100 valence electrons. The van der Waals surface area contributed by atoms with Gasteiger partial charge in [-0.25, -0.2) is 0 Å². The molecule has 2 rings (SSSR count). The fraction of sp³-hybridized carbons (Fsp3) is 0.571. The zero-order chi connectivity index (χ0) is 13.1. The summed E-state index contributed by atoms with van der Waals surface area (Å²) in [5, 5.41) is 19.8. The van der Waals surface area contributed by atoms with Crippen LogP contribution < -0.4 is 0 Å². The molecule has 0 amide bonds. The number of piperidine rings is 1. The molecule has 1 heterocycles. The first-order valence-electron chi connectivity index (χ1n) is 6.48. The van der Waals surface area contributed by atoms with Crippen LogP contribution in [-0.4, -0.2) is 40.9 Å². The standard InChI is InChI=1S/C14H20ClNO2/c1-2-16-6-5-13(17)11(9-16)7-10-3-4-14(18)12(15)8-10/h3-4,8,11,13,17-18H,2,5-7,9H2,1H3. The normalized spacial score (nSPS) is 25.3. The van der Waals surface area contributed by atoms with Gasteiger partial charge < -0.3 is 15.1 Å². The maximum absolute atomic E-state index is 10.1. The Hall–Kier alpha value is -0.770. The molecule has 0 aliphatic carbocycles. The third kappa shape index (κ3) is 3.16. The smallest absolute Gasteiger partial charge is 0.134 e. The number of likely N-dealkylation sites (tertiary alicyclic amines) is 1. The fourth-order valence-electron chi connectivity index (χ4n) is 2.56. The van der Waals surface area contributed by atoms with Crippen LogP contribution >= 0.6 is 11.6 Å². The molecule has 4 heteroatoms. The zero-order valence-electron chi connectivity index (χ0n) is 10.6. The van der Waals surface area contributed by atoms with E-state index in [2.05, 4.69) is 11.8 Å². The summed E-state index contributed by atoms with van der Waals surface area (Å²) < 4.78 is 0. The minimum Gasteiger partial charge on any atom is -0.506 e. The van der Waals surface area contributed by atoms with Gasteiger partial charge in [-0.1, -0.05) is 24.6 Å². The Morgan fingerprint density at radius 3 is 2.89 bits per heavy atom. The van der Waals surface area contributed by atoms with Gasteiger partial charge >= 0.3 is 0 Å². The maximum atomic E-state index is 10.1. The summed E-state index contributed by atoms with van der Waals surface area (Å²) in [5.74, 6) is 0.360. The van der Waals surface area contributed by atoms with Gasteiger partial charge in [-0.3, -0.25) is 0 Å². The lowest BCUT2D eigenvalue weighted by atomic mass is 9.89. The van der Waals surface area contributed by atoms with Crippen LogP contribution in [0.2, 0.25) is 5.02 Å². The largest absolute Gasteiger partial charge is 0.506 e. The highest BCUT2D eigenvalue weighted by molar-refractivity contribution is 6.32. The average molecular weight is 270 g/mol. The first-order valence-corrected chi connectivity index (χ1v) is 6.85. The summed E-state index contributed by atoms with van der Waals surface area (Å²) in [4.78, 5) is 2.36. The predicted molar refractivity (Wildman–Crippen MR) is 73.0 cm³/mol. The van der Waals surface area contributed by atoms with Crippen molar-refractivity contribution in [3.05, 3.63) is 28.8 Å². The molecule has 0 radical (unpaired) electrons.